The molecule has 0 aromatic heterocycles. The van der Waals surface area contributed by atoms with Gasteiger partial charge >= 0.3 is 0 Å². The first-order valence-corrected chi connectivity index (χ1v) is 7.65. The molecule has 0 atom stereocenters. The van der Waals surface area contributed by atoms with Crippen LogP contribution >= 0.6 is 0 Å². The molecule has 0 bridgehead atoms. The zero-order valence-electron chi connectivity index (χ0n) is 11.6. The van der Waals surface area contributed by atoms with Gasteiger partial charge in [-0.25, -0.2) is 0 Å². The second-order valence-corrected chi connectivity index (χ2v) is 6.62. The average molecular weight is 238 g/mol. The molecule has 17 heavy (non-hydrogen) atoms. The summed E-state index contributed by atoms with van der Waals surface area (Å²) < 4.78 is 0. The third-order valence-electron chi connectivity index (χ3n) is 4.73. The normalized spacial score (nSPS) is 26.3. The monoisotopic (exact) mass is 238 g/mol. The first-order valence-electron chi connectivity index (χ1n) is 7.65. The Morgan fingerprint density at radius 1 is 1.00 bits per heavy atom. The largest absolute Gasteiger partial charge is 0.324 e. The van der Waals surface area contributed by atoms with Gasteiger partial charge in [-0.15, -0.1) is 0 Å². The van der Waals surface area contributed by atoms with Crippen LogP contribution < -0.4 is 5.73 Å². The molecule has 0 amide bonds. The van der Waals surface area contributed by atoms with E-state index in [1.165, 1.54) is 70.8 Å². The second-order valence-electron chi connectivity index (χ2n) is 6.62. The van der Waals surface area contributed by atoms with E-state index in [4.69, 9.17) is 5.73 Å². The van der Waals surface area contributed by atoms with Crippen LogP contribution in [0.3, 0.4) is 0 Å². The van der Waals surface area contributed by atoms with Gasteiger partial charge in [-0.1, -0.05) is 38.5 Å². The number of hydrogen-bond donors (Lipinski definition) is 1. The highest BCUT2D eigenvalue weighted by Gasteiger charge is 2.29. The molecule has 0 aromatic rings. The van der Waals surface area contributed by atoms with Gasteiger partial charge in [0.25, 0.3) is 0 Å². The Labute approximate surface area is 107 Å². The Bertz CT molecular complexity index is 215. The van der Waals surface area contributed by atoms with Crippen LogP contribution in [0, 0.1) is 5.92 Å². The summed E-state index contributed by atoms with van der Waals surface area (Å²) in [6.07, 6.45) is 13.8. The van der Waals surface area contributed by atoms with Crippen LogP contribution in [-0.4, -0.2) is 30.6 Å². The van der Waals surface area contributed by atoms with Crippen molar-refractivity contribution in [3.63, 3.8) is 0 Å². The van der Waals surface area contributed by atoms with Crippen LogP contribution in [-0.2, 0) is 0 Å². The molecule has 0 aliphatic heterocycles. The van der Waals surface area contributed by atoms with Crippen molar-refractivity contribution in [3.8, 4) is 0 Å². The van der Waals surface area contributed by atoms with E-state index in [2.05, 4.69) is 11.9 Å². The number of nitrogens with two attached hydrogens (primary N) is 1. The van der Waals surface area contributed by atoms with Crippen molar-refractivity contribution >= 4 is 0 Å². The van der Waals surface area contributed by atoms with Gasteiger partial charge in [-0.2, -0.15) is 0 Å². The molecule has 2 fully saturated rings. The van der Waals surface area contributed by atoms with Crippen molar-refractivity contribution in [2.45, 2.75) is 69.7 Å². The minimum atomic E-state index is 0.127. The highest BCUT2D eigenvalue weighted by Crippen LogP contribution is 2.28. The number of rotatable bonds is 4. The van der Waals surface area contributed by atoms with E-state index in [0.29, 0.717) is 0 Å². The first-order chi connectivity index (χ1) is 8.18. The van der Waals surface area contributed by atoms with Crippen molar-refractivity contribution in [1.82, 2.24) is 4.90 Å². The molecule has 0 saturated heterocycles. The second kappa shape index (κ2) is 6.19. The molecule has 2 nitrogen and oxygen atoms in total. The summed E-state index contributed by atoms with van der Waals surface area (Å²) >= 11 is 0. The summed E-state index contributed by atoms with van der Waals surface area (Å²) in [5, 5.41) is 0. The van der Waals surface area contributed by atoms with Crippen molar-refractivity contribution in [1.29, 1.82) is 0 Å². The lowest BCUT2D eigenvalue weighted by Gasteiger charge is -2.38. The molecule has 0 radical (unpaired) electrons. The third-order valence-corrected chi connectivity index (χ3v) is 4.73. The Hall–Kier alpha value is -0.0800. The SMILES string of the molecule is CN(CC1CCCCC1)CC1(N)CCCCC1. The van der Waals surface area contributed by atoms with Gasteiger partial charge in [-0.05, 0) is 38.6 Å². The Morgan fingerprint density at radius 2 is 1.59 bits per heavy atom. The first kappa shape index (κ1) is 13.4. The molecular formula is C15H30N2. The van der Waals surface area contributed by atoms with Crippen molar-refractivity contribution in [2.24, 2.45) is 11.7 Å². The van der Waals surface area contributed by atoms with Crippen molar-refractivity contribution in [2.75, 3.05) is 20.1 Å². The zero-order chi connectivity index (χ0) is 12.1. The lowest BCUT2D eigenvalue weighted by atomic mass is 9.82. The number of likely N-dealkylation sites (N-methyl/N-ethyl adjacent to an activating group) is 1. The maximum atomic E-state index is 6.52. The molecular weight excluding hydrogens is 208 g/mol. The van der Waals surface area contributed by atoms with E-state index in [9.17, 15) is 0 Å². The summed E-state index contributed by atoms with van der Waals surface area (Å²) in [4.78, 5) is 2.52. The molecule has 2 aliphatic rings. The van der Waals surface area contributed by atoms with E-state index < -0.39 is 0 Å². The number of hydrogen-bond acceptors (Lipinski definition) is 2. The predicted molar refractivity (Wildman–Crippen MR) is 74.1 cm³/mol. The number of nitrogens with zero attached hydrogens (tertiary/aromatic N) is 1. The van der Waals surface area contributed by atoms with E-state index in [1.54, 1.807) is 0 Å². The van der Waals surface area contributed by atoms with Gasteiger partial charge in [0.05, 0.1) is 0 Å². The van der Waals surface area contributed by atoms with Crippen LogP contribution in [0.4, 0.5) is 0 Å². The van der Waals surface area contributed by atoms with Crippen molar-refractivity contribution in [3.05, 3.63) is 0 Å². The van der Waals surface area contributed by atoms with E-state index in [1.807, 2.05) is 0 Å². The summed E-state index contributed by atoms with van der Waals surface area (Å²) in [6.45, 7) is 2.39. The predicted octanol–water partition coefficient (Wildman–Crippen LogP) is 3.16. The van der Waals surface area contributed by atoms with Crippen LogP contribution in [0.5, 0.6) is 0 Å². The van der Waals surface area contributed by atoms with Crippen LogP contribution in [0.15, 0.2) is 0 Å². The Kier molecular flexibility index (Phi) is 4.87. The zero-order valence-corrected chi connectivity index (χ0v) is 11.6. The highest BCUT2D eigenvalue weighted by atomic mass is 15.1. The maximum Gasteiger partial charge on any atom is 0.0283 e. The molecule has 0 spiro atoms. The molecule has 2 saturated carbocycles. The molecule has 2 aliphatic carbocycles. The quantitative estimate of drug-likeness (QED) is 0.815. The van der Waals surface area contributed by atoms with Crippen LogP contribution in [0.25, 0.3) is 0 Å². The topological polar surface area (TPSA) is 29.3 Å². The fourth-order valence-corrected chi connectivity index (χ4v) is 3.83. The van der Waals surface area contributed by atoms with E-state index in [-0.39, 0.29) is 5.54 Å². The summed E-state index contributed by atoms with van der Waals surface area (Å²) in [6, 6.07) is 0. The molecule has 2 rings (SSSR count). The van der Waals surface area contributed by atoms with Gasteiger partial charge in [0, 0.05) is 18.6 Å². The molecule has 2 heteroatoms. The Morgan fingerprint density at radius 3 is 2.24 bits per heavy atom. The fourth-order valence-electron chi connectivity index (χ4n) is 3.83. The molecule has 0 unspecified atom stereocenters. The summed E-state index contributed by atoms with van der Waals surface area (Å²) in [5.41, 5.74) is 6.65. The minimum absolute atomic E-state index is 0.127. The summed E-state index contributed by atoms with van der Waals surface area (Å²) in [5.74, 6) is 0.945. The highest BCUT2D eigenvalue weighted by molar-refractivity contribution is 4.90. The molecule has 2 N–H and O–H groups in total. The molecule has 100 valence electrons. The minimum Gasteiger partial charge on any atom is -0.324 e. The molecule has 0 aromatic carbocycles. The van der Waals surface area contributed by atoms with Crippen LogP contribution in [0.2, 0.25) is 0 Å². The van der Waals surface area contributed by atoms with Gasteiger partial charge in [0.15, 0.2) is 0 Å². The maximum absolute atomic E-state index is 6.52. The molecule has 0 heterocycles. The standard InChI is InChI=1S/C15H30N2/c1-17(12-14-8-4-2-5-9-14)13-15(16)10-6-3-7-11-15/h14H,2-13,16H2,1H3. The summed E-state index contributed by atoms with van der Waals surface area (Å²) in [7, 11) is 2.28. The Balaban J connectivity index is 1.73. The lowest BCUT2D eigenvalue weighted by Crippen LogP contribution is -2.51. The van der Waals surface area contributed by atoms with Gasteiger partial charge in [0.1, 0.15) is 0 Å². The van der Waals surface area contributed by atoms with Gasteiger partial charge in [0.2, 0.25) is 0 Å². The average Bonchev–Trinajstić information content (AvgIpc) is 2.30. The van der Waals surface area contributed by atoms with Gasteiger partial charge < -0.3 is 10.6 Å². The smallest absolute Gasteiger partial charge is 0.0283 e. The van der Waals surface area contributed by atoms with Crippen LogP contribution in [0.1, 0.15) is 64.2 Å². The van der Waals surface area contributed by atoms with E-state index >= 15 is 0 Å². The van der Waals surface area contributed by atoms with Crippen molar-refractivity contribution < 1.29 is 0 Å². The lowest BCUT2D eigenvalue weighted by molar-refractivity contribution is 0.166. The third kappa shape index (κ3) is 4.26. The van der Waals surface area contributed by atoms with Gasteiger partial charge in [-0.3, -0.25) is 0 Å². The fraction of sp³-hybridized carbons (Fsp3) is 1.00. The van der Waals surface area contributed by atoms with E-state index in [0.717, 1.165) is 12.5 Å².